The van der Waals surface area contributed by atoms with Gasteiger partial charge in [-0.1, -0.05) is 12.1 Å². The predicted molar refractivity (Wildman–Crippen MR) is 107 cm³/mol. The molecule has 3 heterocycles. The van der Waals surface area contributed by atoms with E-state index in [1.54, 1.807) is 6.07 Å². The van der Waals surface area contributed by atoms with E-state index in [0.717, 1.165) is 48.5 Å². The zero-order chi connectivity index (χ0) is 19.7. The highest BCUT2D eigenvalue weighted by atomic mass is 16.6. The normalized spacial score (nSPS) is 15.1. The van der Waals surface area contributed by atoms with Gasteiger partial charge in [0.1, 0.15) is 23.7 Å². The minimum Gasteiger partial charge on any atom is -0.383 e. The Kier molecular flexibility index (Phi) is 4.74. The van der Waals surface area contributed by atoms with E-state index in [-0.39, 0.29) is 5.69 Å². The average molecular weight is 379 g/mol. The third-order valence-electron chi connectivity index (χ3n) is 4.96. The molecule has 144 valence electrons. The van der Waals surface area contributed by atoms with E-state index >= 15 is 0 Å². The van der Waals surface area contributed by atoms with Gasteiger partial charge in [0.2, 0.25) is 0 Å². The maximum Gasteiger partial charge on any atom is 0.287 e. The van der Waals surface area contributed by atoms with Crippen molar-refractivity contribution in [3.8, 4) is 0 Å². The van der Waals surface area contributed by atoms with Gasteiger partial charge in [-0.25, -0.2) is 15.0 Å². The van der Waals surface area contributed by atoms with E-state index in [9.17, 15) is 10.1 Å². The molecule has 0 saturated carbocycles. The first-order chi connectivity index (χ1) is 13.5. The van der Waals surface area contributed by atoms with Crippen LogP contribution in [0.15, 0.2) is 36.5 Å². The van der Waals surface area contributed by atoms with Crippen LogP contribution in [-0.4, -0.2) is 51.0 Å². The second kappa shape index (κ2) is 7.35. The molecule has 0 atom stereocenters. The summed E-state index contributed by atoms with van der Waals surface area (Å²) in [5, 5.41) is 11.8. The predicted octanol–water partition coefficient (Wildman–Crippen LogP) is 2.15. The number of hydrogen-bond acceptors (Lipinski definition) is 8. The molecule has 1 aromatic carbocycles. The molecular weight excluding hydrogens is 358 g/mol. The van der Waals surface area contributed by atoms with Gasteiger partial charge in [-0.2, -0.15) is 0 Å². The van der Waals surface area contributed by atoms with Crippen LogP contribution in [0.2, 0.25) is 0 Å². The van der Waals surface area contributed by atoms with Gasteiger partial charge >= 0.3 is 0 Å². The van der Waals surface area contributed by atoms with Gasteiger partial charge in [0, 0.05) is 37.6 Å². The molecule has 0 unspecified atom stereocenters. The Hall–Kier alpha value is -3.33. The Morgan fingerprint density at radius 1 is 1.18 bits per heavy atom. The summed E-state index contributed by atoms with van der Waals surface area (Å²) in [7, 11) is 0. The number of aromatic nitrogens is 3. The van der Waals surface area contributed by atoms with Gasteiger partial charge in [-0.15, -0.1) is 0 Å². The lowest BCUT2D eigenvalue weighted by atomic mass is 10.2. The van der Waals surface area contributed by atoms with Crippen LogP contribution in [-0.2, 0) is 6.54 Å². The molecule has 0 radical (unpaired) electrons. The van der Waals surface area contributed by atoms with Crippen molar-refractivity contribution >= 4 is 28.2 Å². The van der Waals surface area contributed by atoms with Gasteiger partial charge in [0.15, 0.2) is 0 Å². The van der Waals surface area contributed by atoms with Crippen molar-refractivity contribution in [2.75, 3.05) is 36.8 Å². The first-order valence-corrected chi connectivity index (χ1v) is 9.11. The molecule has 0 amide bonds. The SMILES string of the molecule is Cc1cc([N+](=O)[O-])cnc1N1CCN(Cc2nc(N)c3ccccc3n2)CC1. The van der Waals surface area contributed by atoms with E-state index in [0.29, 0.717) is 18.2 Å². The largest absolute Gasteiger partial charge is 0.383 e. The molecule has 0 bridgehead atoms. The molecule has 0 spiro atoms. The Bertz CT molecular complexity index is 1030. The number of anilines is 2. The summed E-state index contributed by atoms with van der Waals surface area (Å²) < 4.78 is 0. The Morgan fingerprint density at radius 3 is 2.64 bits per heavy atom. The number of nitrogens with zero attached hydrogens (tertiary/aromatic N) is 6. The van der Waals surface area contributed by atoms with Crippen LogP contribution >= 0.6 is 0 Å². The topological polar surface area (TPSA) is 114 Å². The van der Waals surface area contributed by atoms with Crippen LogP contribution in [0.25, 0.3) is 10.9 Å². The highest BCUT2D eigenvalue weighted by Crippen LogP contribution is 2.23. The Balaban J connectivity index is 1.43. The van der Waals surface area contributed by atoms with Gasteiger partial charge in [-0.05, 0) is 24.6 Å². The summed E-state index contributed by atoms with van der Waals surface area (Å²) >= 11 is 0. The van der Waals surface area contributed by atoms with Crippen LogP contribution in [0, 0.1) is 17.0 Å². The second-order valence-electron chi connectivity index (χ2n) is 6.90. The van der Waals surface area contributed by atoms with Crippen LogP contribution in [0.5, 0.6) is 0 Å². The van der Waals surface area contributed by atoms with Crippen molar-refractivity contribution in [3.63, 3.8) is 0 Å². The molecule has 1 aliphatic rings. The third-order valence-corrected chi connectivity index (χ3v) is 4.96. The third kappa shape index (κ3) is 3.56. The first-order valence-electron chi connectivity index (χ1n) is 9.11. The maximum atomic E-state index is 10.9. The van der Waals surface area contributed by atoms with Crippen molar-refractivity contribution in [1.82, 2.24) is 19.9 Å². The van der Waals surface area contributed by atoms with Crippen LogP contribution in [0.4, 0.5) is 17.3 Å². The van der Waals surface area contributed by atoms with Gasteiger partial charge in [0.25, 0.3) is 5.69 Å². The lowest BCUT2D eigenvalue weighted by molar-refractivity contribution is -0.385. The first kappa shape index (κ1) is 18.1. The van der Waals surface area contributed by atoms with E-state index < -0.39 is 4.92 Å². The van der Waals surface area contributed by atoms with Crippen LogP contribution in [0.1, 0.15) is 11.4 Å². The van der Waals surface area contributed by atoms with Crippen molar-refractivity contribution in [2.45, 2.75) is 13.5 Å². The summed E-state index contributed by atoms with van der Waals surface area (Å²) in [6, 6.07) is 9.30. The highest BCUT2D eigenvalue weighted by Gasteiger charge is 2.21. The number of benzene rings is 1. The van der Waals surface area contributed by atoms with E-state index in [1.807, 2.05) is 31.2 Å². The number of rotatable bonds is 4. The van der Waals surface area contributed by atoms with Gasteiger partial charge in [-0.3, -0.25) is 15.0 Å². The number of nitro groups is 1. The van der Waals surface area contributed by atoms with Crippen molar-refractivity contribution < 1.29 is 4.92 Å². The standard InChI is InChI=1S/C19H21N7O2/c1-13-10-14(26(27)28)11-21-19(13)25-8-6-24(7-9-25)12-17-22-16-5-3-2-4-15(16)18(20)23-17/h2-5,10-11H,6-9,12H2,1H3,(H2,20,22,23). The van der Waals surface area contributed by atoms with E-state index in [1.165, 1.54) is 6.20 Å². The number of nitrogen functional groups attached to an aromatic ring is 1. The number of fused-ring (bicyclic) bond motifs is 1. The number of nitrogens with two attached hydrogens (primary N) is 1. The van der Waals surface area contributed by atoms with Gasteiger partial charge in [0.05, 0.1) is 17.0 Å². The lowest BCUT2D eigenvalue weighted by Gasteiger charge is -2.35. The van der Waals surface area contributed by atoms with Crippen LogP contribution < -0.4 is 10.6 Å². The monoisotopic (exact) mass is 379 g/mol. The molecule has 0 aliphatic carbocycles. The number of piperazine rings is 1. The number of aryl methyl sites for hydroxylation is 1. The summed E-state index contributed by atoms with van der Waals surface area (Å²) in [6.07, 6.45) is 1.32. The minimum atomic E-state index is -0.420. The molecule has 2 N–H and O–H groups in total. The molecule has 1 fully saturated rings. The fourth-order valence-corrected chi connectivity index (χ4v) is 3.52. The second-order valence-corrected chi connectivity index (χ2v) is 6.90. The van der Waals surface area contributed by atoms with E-state index in [2.05, 4.69) is 24.8 Å². The molecule has 3 aromatic rings. The Labute approximate surface area is 162 Å². The molecule has 28 heavy (non-hydrogen) atoms. The van der Waals surface area contributed by atoms with Gasteiger partial charge < -0.3 is 10.6 Å². The molecule has 1 saturated heterocycles. The average Bonchev–Trinajstić information content (AvgIpc) is 2.69. The molecule has 1 aliphatic heterocycles. The van der Waals surface area contributed by atoms with Crippen molar-refractivity contribution in [1.29, 1.82) is 0 Å². The lowest BCUT2D eigenvalue weighted by Crippen LogP contribution is -2.46. The highest BCUT2D eigenvalue weighted by molar-refractivity contribution is 5.87. The smallest absolute Gasteiger partial charge is 0.287 e. The zero-order valence-corrected chi connectivity index (χ0v) is 15.6. The molecule has 4 rings (SSSR count). The zero-order valence-electron chi connectivity index (χ0n) is 15.6. The quantitative estimate of drug-likeness (QED) is 0.542. The number of pyridine rings is 1. The fraction of sp³-hybridized carbons (Fsp3) is 0.316. The minimum absolute atomic E-state index is 0.0194. The Morgan fingerprint density at radius 2 is 1.93 bits per heavy atom. The number of hydrogen-bond donors (Lipinski definition) is 1. The van der Waals surface area contributed by atoms with Crippen molar-refractivity contribution in [3.05, 3.63) is 58.0 Å². The van der Waals surface area contributed by atoms with E-state index in [4.69, 9.17) is 5.73 Å². The van der Waals surface area contributed by atoms with Crippen molar-refractivity contribution in [2.24, 2.45) is 0 Å². The molecular formula is C19H21N7O2. The molecule has 9 nitrogen and oxygen atoms in total. The number of para-hydroxylation sites is 1. The summed E-state index contributed by atoms with van der Waals surface area (Å²) in [4.78, 5) is 28.3. The molecule has 2 aromatic heterocycles. The summed E-state index contributed by atoms with van der Waals surface area (Å²) in [5.74, 6) is 2.02. The van der Waals surface area contributed by atoms with Crippen LogP contribution in [0.3, 0.4) is 0 Å². The fourth-order valence-electron chi connectivity index (χ4n) is 3.52. The summed E-state index contributed by atoms with van der Waals surface area (Å²) in [6.45, 7) is 5.72. The summed E-state index contributed by atoms with van der Waals surface area (Å²) in [5.41, 5.74) is 7.76. The maximum absolute atomic E-state index is 10.9. The molecule has 9 heteroatoms.